The minimum absolute atomic E-state index is 0.248. The SMILES string of the molecule is CCCCCCCCN1C(=O)c2ccc3c4c(Oc5cc(C(C)(C)C)cc(C(C)(C)C)c5)cc5c6c(ccc(c7c(Oc8cc(C(C)(C)C)cc(C(C)(C)C)c8)cc(c2c37)C1=O)c64)C(=O)N(c1ccc2c(c1)C(CCCCCC)(CCCCCC)c1cc(N3c4ccccc4Sc4ccccc43)ccc1-2)C5=O. The number of carbonyl (C=O) groups excluding carboxylic acids is 4. The third-order valence-electron chi connectivity index (χ3n) is 23.5. The van der Waals surface area contributed by atoms with Gasteiger partial charge in [-0.1, -0.05) is 260 Å². The molecule has 3 heterocycles. The standard InChI is InChI=1S/C97H105N3O6S/c1-16-19-22-25-26-33-48-98-89(101)71-44-42-69-86-80(106-66-53-61(95(10,11)12)50-62(54-66)96(13,14)15)58-74-84-72(45-43-70(88(84)86)85-79(57-73(90(98)102)83(71)87(69)85)105-65-51-59(93(4,5)6)49-60(52-65)94(7,8)9)91(103)100(92(74)104)64-39-41-68-67-40-38-63(99-77-34-27-29-36-81(77)107-82-37-30-28-35-78(82)99)55-75(67)97(76(68)56-64,46-31-23-20-17-2)47-32-24-21-18-3/h27-30,34-45,49-58H,16-26,31-33,46-48H2,1-15H3. The zero-order chi connectivity index (χ0) is 75.4. The van der Waals surface area contributed by atoms with E-state index in [1.54, 1.807) is 0 Å². The second kappa shape index (κ2) is 28.1. The second-order valence-electron chi connectivity index (χ2n) is 35.1. The van der Waals surface area contributed by atoms with Crippen molar-refractivity contribution in [1.82, 2.24) is 4.90 Å². The summed E-state index contributed by atoms with van der Waals surface area (Å²) in [6.07, 6.45) is 16.6. The van der Waals surface area contributed by atoms with Gasteiger partial charge in [0.2, 0.25) is 0 Å². The van der Waals surface area contributed by atoms with Gasteiger partial charge in [0.25, 0.3) is 23.6 Å². The van der Waals surface area contributed by atoms with Crippen LogP contribution >= 0.6 is 11.8 Å². The number of imide groups is 2. The van der Waals surface area contributed by atoms with Crippen molar-refractivity contribution < 1.29 is 28.7 Å². The fraction of sp³-hybridized carbons (Fsp3) is 0.381. The molecule has 0 spiro atoms. The lowest BCUT2D eigenvalue weighted by Gasteiger charge is -2.36. The third kappa shape index (κ3) is 13.0. The van der Waals surface area contributed by atoms with Gasteiger partial charge in [0.15, 0.2) is 0 Å². The predicted octanol–water partition coefficient (Wildman–Crippen LogP) is 27.4. The molecule has 107 heavy (non-hydrogen) atoms. The quantitative estimate of drug-likeness (QED) is 0.0270. The number of rotatable bonds is 23. The van der Waals surface area contributed by atoms with Crippen LogP contribution in [0.15, 0.2) is 168 Å². The average Bonchev–Trinajstić information content (AvgIpc) is 1.11. The first-order chi connectivity index (χ1) is 51.1. The van der Waals surface area contributed by atoms with E-state index in [1.807, 2.05) is 54.2 Å². The van der Waals surface area contributed by atoms with Crippen LogP contribution in [0.4, 0.5) is 22.7 Å². The lowest BCUT2D eigenvalue weighted by molar-refractivity contribution is 0.0606. The van der Waals surface area contributed by atoms with Gasteiger partial charge in [0.05, 0.1) is 28.2 Å². The molecule has 0 fully saturated rings. The molecule has 0 aromatic heterocycles. The van der Waals surface area contributed by atoms with E-state index in [0.717, 1.165) is 147 Å². The number of para-hydroxylation sites is 2. The summed E-state index contributed by atoms with van der Waals surface area (Å²) in [4.78, 5) is 71.9. The topological polar surface area (TPSA) is 96.5 Å². The van der Waals surface area contributed by atoms with Crippen LogP contribution in [0, 0.1) is 0 Å². The molecule has 550 valence electrons. The summed E-state index contributed by atoms with van der Waals surface area (Å²) in [5.41, 5.74) is 13.2. The van der Waals surface area contributed by atoms with Gasteiger partial charge in [-0.05, 0) is 193 Å². The van der Waals surface area contributed by atoms with Crippen LogP contribution in [-0.4, -0.2) is 35.1 Å². The van der Waals surface area contributed by atoms with Crippen LogP contribution in [0.25, 0.3) is 54.2 Å². The Balaban J connectivity index is 0.958. The van der Waals surface area contributed by atoms with E-state index in [4.69, 9.17) is 9.47 Å². The smallest absolute Gasteiger partial charge is 0.266 e. The van der Waals surface area contributed by atoms with E-state index in [1.165, 1.54) is 30.7 Å². The Morgan fingerprint density at radius 3 is 1.17 bits per heavy atom. The van der Waals surface area contributed by atoms with Gasteiger partial charge in [-0.15, -0.1) is 0 Å². The van der Waals surface area contributed by atoms with Crippen molar-refractivity contribution in [2.24, 2.45) is 0 Å². The highest BCUT2D eigenvalue weighted by atomic mass is 32.2. The van der Waals surface area contributed by atoms with Crippen molar-refractivity contribution >= 4 is 101 Å². The highest BCUT2D eigenvalue weighted by molar-refractivity contribution is 7.99. The van der Waals surface area contributed by atoms with Gasteiger partial charge < -0.3 is 14.4 Å². The Morgan fingerprint density at radius 1 is 0.346 bits per heavy atom. The Bertz CT molecular complexity index is 5280. The maximum absolute atomic E-state index is 16.8. The number of ether oxygens (including phenoxy) is 2. The molecule has 11 aromatic carbocycles. The highest BCUT2D eigenvalue weighted by Gasteiger charge is 2.46. The van der Waals surface area contributed by atoms with Gasteiger partial charge in [0, 0.05) is 70.9 Å². The Morgan fingerprint density at radius 2 is 0.720 bits per heavy atom. The summed E-state index contributed by atoms with van der Waals surface area (Å²) in [5, 5.41) is 5.13. The molecule has 11 aromatic rings. The van der Waals surface area contributed by atoms with E-state index < -0.39 is 17.2 Å². The number of benzene rings is 11. The molecule has 0 atom stereocenters. The van der Waals surface area contributed by atoms with E-state index >= 15 is 19.2 Å². The van der Waals surface area contributed by atoms with Crippen molar-refractivity contribution in [3.05, 3.63) is 213 Å². The number of hydrogen-bond acceptors (Lipinski definition) is 8. The summed E-state index contributed by atoms with van der Waals surface area (Å²) in [6, 6.07) is 55.4. The summed E-state index contributed by atoms with van der Waals surface area (Å²) in [5.74, 6) is 0.496. The van der Waals surface area contributed by atoms with Gasteiger partial charge in [0.1, 0.15) is 23.0 Å². The molecule has 0 unspecified atom stereocenters. The lowest BCUT2D eigenvalue weighted by Crippen LogP contribution is -2.41. The lowest BCUT2D eigenvalue weighted by atomic mass is 9.70. The summed E-state index contributed by atoms with van der Waals surface area (Å²) < 4.78 is 15.1. The van der Waals surface area contributed by atoms with Crippen LogP contribution in [0.2, 0.25) is 0 Å². The largest absolute Gasteiger partial charge is 0.457 e. The number of nitrogens with zero attached hydrogens (tertiary/aromatic N) is 3. The highest BCUT2D eigenvalue weighted by Crippen LogP contribution is 2.60. The van der Waals surface area contributed by atoms with E-state index in [9.17, 15) is 0 Å². The number of hydrogen-bond donors (Lipinski definition) is 0. The number of amides is 4. The molecule has 3 aliphatic heterocycles. The zero-order valence-electron chi connectivity index (χ0n) is 65.7. The van der Waals surface area contributed by atoms with Crippen molar-refractivity contribution in [1.29, 1.82) is 0 Å². The van der Waals surface area contributed by atoms with Gasteiger partial charge >= 0.3 is 0 Å². The maximum atomic E-state index is 16.8. The zero-order valence-corrected chi connectivity index (χ0v) is 66.5. The summed E-state index contributed by atoms with van der Waals surface area (Å²) >= 11 is 1.82. The Kier molecular flexibility index (Phi) is 19.2. The number of carbonyl (C=O) groups is 4. The Labute approximate surface area is 638 Å². The third-order valence-corrected chi connectivity index (χ3v) is 24.6. The van der Waals surface area contributed by atoms with Gasteiger partial charge in [-0.2, -0.15) is 0 Å². The second-order valence-corrected chi connectivity index (χ2v) is 36.2. The van der Waals surface area contributed by atoms with Crippen molar-refractivity contribution in [2.45, 2.75) is 243 Å². The first-order valence-corrected chi connectivity index (χ1v) is 40.6. The fourth-order valence-electron chi connectivity index (χ4n) is 17.5. The molecule has 0 saturated carbocycles. The number of fused-ring (bicyclic) bond motifs is 7. The molecule has 4 amide bonds. The number of unbranched alkanes of at least 4 members (excludes halogenated alkanes) is 11. The fourth-order valence-corrected chi connectivity index (χ4v) is 18.6. The molecular weight excluding hydrogens is 1340 g/mol. The first kappa shape index (κ1) is 73.3. The summed E-state index contributed by atoms with van der Waals surface area (Å²) in [6.45, 7) is 33.6. The molecule has 10 heteroatoms. The molecule has 1 aliphatic carbocycles. The maximum Gasteiger partial charge on any atom is 0.266 e. The monoisotopic (exact) mass is 1440 g/mol. The minimum atomic E-state index is -0.452. The van der Waals surface area contributed by atoms with Crippen molar-refractivity contribution in [3.8, 4) is 34.1 Å². The molecule has 9 nitrogen and oxygen atoms in total. The van der Waals surface area contributed by atoms with Crippen LogP contribution in [-0.2, 0) is 27.1 Å². The predicted molar refractivity (Wildman–Crippen MR) is 444 cm³/mol. The normalized spacial score (nSPS) is 14.8. The molecule has 15 rings (SSSR count). The van der Waals surface area contributed by atoms with E-state index in [2.05, 4.69) is 224 Å². The molecular formula is C97H105N3O6S. The van der Waals surface area contributed by atoms with Crippen LogP contribution < -0.4 is 19.3 Å². The molecule has 4 aliphatic rings. The van der Waals surface area contributed by atoms with Crippen molar-refractivity contribution in [3.63, 3.8) is 0 Å². The number of anilines is 4. The van der Waals surface area contributed by atoms with Crippen molar-refractivity contribution in [2.75, 3.05) is 16.3 Å². The van der Waals surface area contributed by atoms with E-state index in [0.29, 0.717) is 107 Å². The average molecular weight is 1440 g/mol. The van der Waals surface area contributed by atoms with Gasteiger partial charge in [-0.3, -0.25) is 24.1 Å². The minimum Gasteiger partial charge on any atom is -0.457 e. The molecule has 0 saturated heterocycles. The molecule has 0 N–H and O–H groups in total. The van der Waals surface area contributed by atoms with Crippen LogP contribution in [0.1, 0.15) is 281 Å². The molecule has 0 radical (unpaired) electrons. The van der Waals surface area contributed by atoms with E-state index in [-0.39, 0.29) is 33.5 Å². The van der Waals surface area contributed by atoms with Gasteiger partial charge in [-0.25, -0.2) is 4.90 Å². The van der Waals surface area contributed by atoms with Crippen LogP contribution in [0.5, 0.6) is 23.0 Å². The Hall–Kier alpha value is -9.25. The van der Waals surface area contributed by atoms with Crippen LogP contribution in [0.3, 0.4) is 0 Å². The summed E-state index contributed by atoms with van der Waals surface area (Å²) in [7, 11) is 0. The first-order valence-electron chi connectivity index (χ1n) is 39.8. The molecule has 0 bridgehead atoms.